The zero-order valence-electron chi connectivity index (χ0n) is 7.92. The Morgan fingerprint density at radius 1 is 1.58 bits per heavy atom. The molecule has 1 aromatic rings. The molecule has 0 aliphatic rings. The van der Waals surface area contributed by atoms with Gasteiger partial charge in [-0.15, -0.1) is 0 Å². The minimum Gasteiger partial charge on any atom is -0.444 e. The van der Waals surface area contributed by atoms with Crippen LogP contribution in [0.3, 0.4) is 0 Å². The summed E-state index contributed by atoms with van der Waals surface area (Å²) in [5, 5.41) is 3.24. The lowest BCUT2D eigenvalue weighted by Gasteiger charge is -2.03. The number of hydrogen-bond donors (Lipinski definition) is 1. The molecule has 0 unspecified atom stereocenters. The lowest BCUT2D eigenvalue weighted by molar-refractivity contribution is 0.427. The normalized spacial score (nSPS) is 11.0. The zero-order valence-corrected chi connectivity index (χ0v) is 7.92. The molecule has 68 valence electrons. The van der Waals surface area contributed by atoms with E-state index in [0.717, 1.165) is 24.6 Å². The minimum absolute atomic E-state index is 0.474. The topological polar surface area (TPSA) is 38.1 Å². The third kappa shape index (κ3) is 2.66. The van der Waals surface area contributed by atoms with Crippen molar-refractivity contribution in [3.63, 3.8) is 0 Å². The van der Waals surface area contributed by atoms with Gasteiger partial charge in [-0.05, 0) is 0 Å². The molecular formula is C9H16N2O. The summed E-state index contributed by atoms with van der Waals surface area (Å²) in [7, 11) is 0. The van der Waals surface area contributed by atoms with Crippen LogP contribution in [0.1, 0.15) is 32.4 Å². The van der Waals surface area contributed by atoms with Gasteiger partial charge in [0.05, 0.1) is 12.7 Å². The Bertz CT molecular complexity index is 230. The highest BCUT2D eigenvalue weighted by Gasteiger charge is 2.01. The third-order valence-electron chi connectivity index (χ3n) is 1.61. The van der Waals surface area contributed by atoms with Crippen LogP contribution >= 0.6 is 0 Å². The molecule has 0 amide bonds. The summed E-state index contributed by atoms with van der Waals surface area (Å²) in [4.78, 5) is 4.13. The van der Waals surface area contributed by atoms with Crippen LogP contribution < -0.4 is 5.32 Å². The molecule has 0 aromatic carbocycles. The van der Waals surface area contributed by atoms with Crippen molar-refractivity contribution in [3.8, 4) is 0 Å². The molecule has 1 heterocycles. The first kappa shape index (κ1) is 9.26. The van der Waals surface area contributed by atoms with E-state index in [4.69, 9.17) is 4.42 Å². The van der Waals surface area contributed by atoms with E-state index in [1.165, 1.54) is 0 Å². The van der Waals surface area contributed by atoms with Gasteiger partial charge >= 0.3 is 0 Å². The van der Waals surface area contributed by atoms with Crippen molar-refractivity contribution in [2.24, 2.45) is 0 Å². The van der Waals surface area contributed by atoms with Gasteiger partial charge in [0, 0.05) is 12.5 Å². The van der Waals surface area contributed by atoms with Crippen molar-refractivity contribution in [2.75, 3.05) is 0 Å². The molecular weight excluding hydrogens is 152 g/mol. The number of nitrogens with one attached hydrogen (secondary N) is 1. The van der Waals surface area contributed by atoms with Crippen molar-refractivity contribution in [1.82, 2.24) is 10.3 Å². The lowest BCUT2D eigenvalue weighted by Crippen LogP contribution is -2.21. The average Bonchev–Trinajstić information content (AvgIpc) is 2.48. The fraction of sp³-hybridized carbons (Fsp3) is 0.667. The van der Waals surface area contributed by atoms with Crippen LogP contribution in [0, 0.1) is 0 Å². The number of nitrogens with zero attached hydrogens (tertiary/aromatic N) is 1. The molecule has 0 aliphatic heterocycles. The van der Waals surface area contributed by atoms with E-state index < -0.39 is 0 Å². The third-order valence-corrected chi connectivity index (χ3v) is 1.61. The van der Waals surface area contributed by atoms with E-state index >= 15 is 0 Å². The van der Waals surface area contributed by atoms with Gasteiger partial charge in [-0.3, -0.25) is 0 Å². The van der Waals surface area contributed by atoms with Gasteiger partial charge in [-0.25, -0.2) is 4.98 Å². The standard InChI is InChI=1S/C9H16N2O/c1-4-8-5-11-9(12-8)6-10-7(2)3/h5,7,10H,4,6H2,1-3H3. The Morgan fingerprint density at radius 3 is 2.83 bits per heavy atom. The second-order valence-corrected chi connectivity index (χ2v) is 3.11. The molecule has 0 spiro atoms. The molecule has 3 heteroatoms. The first-order valence-electron chi connectivity index (χ1n) is 4.39. The highest BCUT2D eigenvalue weighted by molar-refractivity contribution is 4.93. The Balaban J connectivity index is 2.41. The molecule has 12 heavy (non-hydrogen) atoms. The Hall–Kier alpha value is -0.830. The fourth-order valence-electron chi connectivity index (χ4n) is 0.885. The fourth-order valence-corrected chi connectivity index (χ4v) is 0.885. The Morgan fingerprint density at radius 2 is 2.33 bits per heavy atom. The maximum atomic E-state index is 5.41. The van der Waals surface area contributed by atoms with E-state index in [2.05, 4.69) is 31.1 Å². The minimum atomic E-state index is 0.474. The van der Waals surface area contributed by atoms with Gasteiger partial charge < -0.3 is 9.73 Å². The highest BCUT2D eigenvalue weighted by Crippen LogP contribution is 2.03. The molecule has 0 bridgehead atoms. The largest absolute Gasteiger partial charge is 0.444 e. The van der Waals surface area contributed by atoms with Crippen LogP contribution in [-0.2, 0) is 13.0 Å². The molecule has 0 radical (unpaired) electrons. The van der Waals surface area contributed by atoms with E-state index in [1.54, 1.807) is 6.20 Å². The molecule has 0 saturated heterocycles. The van der Waals surface area contributed by atoms with Crippen LogP contribution in [0.2, 0.25) is 0 Å². The summed E-state index contributed by atoms with van der Waals surface area (Å²) >= 11 is 0. The lowest BCUT2D eigenvalue weighted by atomic mass is 10.4. The molecule has 1 rings (SSSR count). The van der Waals surface area contributed by atoms with Gasteiger partial charge in [-0.2, -0.15) is 0 Å². The van der Waals surface area contributed by atoms with Gasteiger partial charge in [-0.1, -0.05) is 20.8 Å². The summed E-state index contributed by atoms with van der Waals surface area (Å²) < 4.78 is 5.41. The van der Waals surface area contributed by atoms with E-state index in [-0.39, 0.29) is 0 Å². The van der Waals surface area contributed by atoms with Crippen LogP contribution in [-0.4, -0.2) is 11.0 Å². The quantitative estimate of drug-likeness (QED) is 0.744. The maximum Gasteiger partial charge on any atom is 0.208 e. The molecule has 1 N–H and O–H groups in total. The first-order valence-corrected chi connectivity index (χ1v) is 4.39. The number of aryl methyl sites for hydroxylation is 1. The van der Waals surface area contributed by atoms with Gasteiger partial charge in [0.2, 0.25) is 5.89 Å². The second-order valence-electron chi connectivity index (χ2n) is 3.11. The van der Waals surface area contributed by atoms with E-state index in [1.807, 2.05) is 0 Å². The monoisotopic (exact) mass is 168 g/mol. The number of oxazole rings is 1. The van der Waals surface area contributed by atoms with Crippen LogP contribution in [0.5, 0.6) is 0 Å². The first-order chi connectivity index (χ1) is 5.72. The van der Waals surface area contributed by atoms with Gasteiger partial charge in [0.25, 0.3) is 0 Å². The zero-order chi connectivity index (χ0) is 8.97. The van der Waals surface area contributed by atoms with Crippen molar-refractivity contribution in [2.45, 2.75) is 39.8 Å². The molecule has 3 nitrogen and oxygen atoms in total. The maximum absolute atomic E-state index is 5.41. The van der Waals surface area contributed by atoms with Crippen LogP contribution in [0.4, 0.5) is 0 Å². The summed E-state index contributed by atoms with van der Waals surface area (Å²) in [6.07, 6.45) is 2.70. The molecule has 1 aromatic heterocycles. The van der Waals surface area contributed by atoms with Crippen LogP contribution in [0.25, 0.3) is 0 Å². The summed E-state index contributed by atoms with van der Waals surface area (Å²) in [6.45, 7) is 6.98. The summed E-state index contributed by atoms with van der Waals surface area (Å²) in [5.41, 5.74) is 0. The SMILES string of the molecule is CCc1cnc(CNC(C)C)o1. The van der Waals surface area contributed by atoms with Gasteiger partial charge in [0.15, 0.2) is 0 Å². The Kier molecular flexibility index (Phi) is 3.29. The van der Waals surface area contributed by atoms with Crippen molar-refractivity contribution >= 4 is 0 Å². The van der Waals surface area contributed by atoms with Crippen LogP contribution in [0.15, 0.2) is 10.6 Å². The predicted octanol–water partition coefficient (Wildman–Crippen LogP) is 1.73. The molecule has 0 aliphatic carbocycles. The summed E-state index contributed by atoms with van der Waals surface area (Å²) in [5.74, 6) is 1.73. The van der Waals surface area contributed by atoms with Crippen molar-refractivity contribution in [3.05, 3.63) is 17.8 Å². The molecule has 0 atom stereocenters. The number of aromatic nitrogens is 1. The smallest absolute Gasteiger partial charge is 0.208 e. The number of rotatable bonds is 4. The second kappa shape index (κ2) is 4.26. The predicted molar refractivity (Wildman–Crippen MR) is 47.9 cm³/mol. The Labute approximate surface area is 73.2 Å². The number of hydrogen-bond acceptors (Lipinski definition) is 3. The highest BCUT2D eigenvalue weighted by atomic mass is 16.4. The van der Waals surface area contributed by atoms with Gasteiger partial charge in [0.1, 0.15) is 5.76 Å². The van der Waals surface area contributed by atoms with Crippen molar-refractivity contribution in [1.29, 1.82) is 0 Å². The van der Waals surface area contributed by atoms with E-state index in [9.17, 15) is 0 Å². The summed E-state index contributed by atoms with van der Waals surface area (Å²) in [6, 6.07) is 0.474. The molecule has 0 fully saturated rings. The van der Waals surface area contributed by atoms with E-state index in [0.29, 0.717) is 6.04 Å². The molecule has 0 saturated carbocycles. The van der Waals surface area contributed by atoms with Crippen molar-refractivity contribution < 1.29 is 4.42 Å². The average molecular weight is 168 g/mol.